The van der Waals surface area contributed by atoms with Crippen molar-refractivity contribution < 1.29 is 4.79 Å². The molecule has 1 amide bonds. The first-order valence-corrected chi connectivity index (χ1v) is 7.82. The van der Waals surface area contributed by atoms with Crippen LogP contribution in [0.5, 0.6) is 0 Å². The Morgan fingerprint density at radius 1 is 1.00 bits per heavy atom. The van der Waals surface area contributed by atoms with E-state index in [1.165, 1.54) is 51.4 Å². The van der Waals surface area contributed by atoms with Crippen molar-refractivity contribution in [3.63, 3.8) is 0 Å². The number of fused-ring (bicyclic) bond motifs is 2. The molecule has 18 heavy (non-hydrogen) atoms. The molecular formula is C15H26N2O. The van der Waals surface area contributed by atoms with Crippen LogP contribution in [-0.4, -0.2) is 36.5 Å². The van der Waals surface area contributed by atoms with Gasteiger partial charge in [-0.05, 0) is 43.9 Å². The predicted octanol–water partition coefficient (Wildman–Crippen LogP) is 2.17. The van der Waals surface area contributed by atoms with Gasteiger partial charge in [0, 0.05) is 19.1 Å². The molecule has 0 aromatic rings. The maximum absolute atomic E-state index is 12.2. The second kappa shape index (κ2) is 5.60. The zero-order valence-corrected chi connectivity index (χ0v) is 11.4. The lowest BCUT2D eigenvalue weighted by Crippen LogP contribution is -2.49. The van der Waals surface area contributed by atoms with Gasteiger partial charge in [0.2, 0.25) is 5.91 Å². The molecule has 0 aromatic carbocycles. The van der Waals surface area contributed by atoms with E-state index in [2.05, 4.69) is 10.2 Å². The first-order valence-electron chi connectivity index (χ1n) is 7.82. The van der Waals surface area contributed by atoms with Crippen molar-refractivity contribution in [2.24, 2.45) is 11.8 Å². The van der Waals surface area contributed by atoms with Crippen molar-refractivity contribution in [2.45, 2.75) is 57.4 Å². The Morgan fingerprint density at radius 3 is 2.33 bits per heavy atom. The van der Waals surface area contributed by atoms with Crippen LogP contribution in [0.3, 0.4) is 0 Å². The standard InChI is InChI=1S/C15H26N2O/c18-15(9-16-14-6-1-2-7-14)17-10-12-4-3-5-13(8-12)11-17/h12-14,16H,1-11H2. The maximum Gasteiger partial charge on any atom is 0.236 e. The molecule has 0 spiro atoms. The molecule has 0 aromatic heterocycles. The largest absolute Gasteiger partial charge is 0.341 e. The summed E-state index contributed by atoms with van der Waals surface area (Å²) in [5.41, 5.74) is 0. The number of carbonyl (C=O) groups excluding carboxylic acids is 1. The van der Waals surface area contributed by atoms with Crippen molar-refractivity contribution in [3.05, 3.63) is 0 Å². The minimum atomic E-state index is 0.346. The zero-order chi connectivity index (χ0) is 12.4. The van der Waals surface area contributed by atoms with Crippen molar-refractivity contribution in [2.75, 3.05) is 19.6 Å². The number of amides is 1. The molecule has 3 rings (SSSR count). The summed E-state index contributed by atoms with van der Waals surface area (Å²) in [6.45, 7) is 2.63. The van der Waals surface area contributed by atoms with Gasteiger partial charge in [0.1, 0.15) is 0 Å². The van der Waals surface area contributed by atoms with Gasteiger partial charge in [-0.2, -0.15) is 0 Å². The highest BCUT2D eigenvalue weighted by Crippen LogP contribution is 2.34. The Labute approximate surface area is 110 Å². The Balaban J connectivity index is 1.46. The number of likely N-dealkylation sites (tertiary alicyclic amines) is 1. The molecule has 2 atom stereocenters. The molecule has 2 aliphatic carbocycles. The lowest BCUT2D eigenvalue weighted by Gasteiger charge is -2.41. The summed E-state index contributed by atoms with van der Waals surface area (Å²) in [6.07, 6.45) is 10.6. The molecular weight excluding hydrogens is 224 g/mol. The summed E-state index contributed by atoms with van der Waals surface area (Å²) in [5, 5.41) is 3.45. The highest BCUT2D eigenvalue weighted by Gasteiger charge is 2.32. The Hall–Kier alpha value is -0.570. The van der Waals surface area contributed by atoms with Crippen molar-refractivity contribution >= 4 is 5.91 Å². The van der Waals surface area contributed by atoms with Gasteiger partial charge in [-0.1, -0.05) is 19.3 Å². The van der Waals surface area contributed by atoms with Crippen LogP contribution in [0.4, 0.5) is 0 Å². The summed E-state index contributed by atoms with van der Waals surface area (Å²) in [5.74, 6) is 1.94. The van der Waals surface area contributed by atoms with Crippen molar-refractivity contribution in [1.29, 1.82) is 0 Å². The van der Waals surface area contributed by atoms with E-state index in [1.807, 2.05) is 0 Å². The van der Waals surface area contributed by atoms with Gasteiger partial charge < -0.3 is 10.2 Å². The molecule has 3 heteroatoms. The van der Waals surface area contributed by atoms with Gasteiger partial charge in [-0.3, -0.25) is 4.79 Å². The highest BCUT2D eigenvalue weighted by atomic mass is 16.2. The van der Waals surface area contributed by atoms with Crippen LogP contribution < -0.4 is 5.32 Å². The fourth-order valence-corrected chi connectivity index (χ4v) is 4.11. The van der Waals surface area contributed by atoms with Crippen LogP contribution in [0, 0.1) is 11.8 Å². The molecule has 3 fully saturated rings. The van der Waals surface area contributed by atoms with Gasteiger partial charge in [0.05, 0.1) is 6.54 Å². The average molecular weight is 250 g/mol. The molecule has 1 N–H and O–H groups in total. The highest BCUT2D eigenvalue weighted by molar-refractivity contribution is 5.78. The minimum absolute atomic E-state index is 0.346. The van der Waals surface area contributed by atoms with E-state index in [-0.39, 0.29) is 0 Å². The van der Waals surface area contributed by atoms with Crippen LogP contribution in [0.2, 0.25) is 0 Å². The quantitative estimate of drug-likeness (QED) is 0.832. The van der Waals surface area contributed by atoms with Crippen LogP contribution in [-0.2, 0) is 4.79 Å². The van der Waals surface area contributed by atoms with Crippen LogP contribution in [0.15, 0.2) is 0 Å². The number of nitrogens with one attached hydrogen (secondary N) is 1. The number of hydrogen-bond acceptors (Lipinski definition) is 2. The SMILES string of the molecule is O=C(CNC1CCCC1)N1CC2CCCC(C2)C1. The fourth-order valence-electron chi connectivity index (χ4n) is 4.11. The topological polar surface area (TPSA) is 32.3 Å². The van der Waals surface area contributed by atoms with E-state index < -0.39 is 0 Å². The zero-order valence-electron chi connectivity index (χ0n) is 11.4. The molecule has 1 aliphatic heterocycles. The number of nitrogens with zero attached hydrogens (tertiary/aromatic N) is 1. The van der Waals surface area contributed by atoms with E-state index in [9.17, 15) is 4.79 Å². The monoisotopic (exact) mass is 250 g/mol. The first kappa shape index (κ1) is 12.5. The Morgan fingerprint density at radius 2 is 1.67 bits per heavy atom. The van der Waals surface area contributed by atoms with Gasteiger partial charge in [0.25, 0.3) is 0 Å². The van der Waals surface area contributed by atoms with E-state index in [0.29, 0.717) is 18.5 Å². The first-order chi connectivity index (χ1) is 8.81. The lowest BCUT2D eigenvalue weighted by atomic mass is 9.78. The molecule has 1 saturated heterocycles. The third kappa shape index (κ3) is 2.87. The molecule has 2 unspecified atom stereocenters. The van der Waals surface area contributed by atoms with E-state index in [0.717, 1.165) is 24.9 Å². The van der Waals surface area contributed by atoms with Gasteiger partial charge in [-0.25, -0.2) is 0 Å². The molecule has 102 valence electrons. The molecule has 2 bridgehead atoms. The predicted molar refractivity (Wildman–Crippen MR) is 72.3 cm³/mol. The van der Waals surface area contributed by atoms with E-state index in [4.69, 9.17) is 0 Å². The van der Waals surface area contributed by atoms with Gasteiger partial charge >= 0.3 is 0 Å². The van der Waals surface area contributed by atoms with Crippen molar-refractivity contribution in [3.8, 4) is 0 Å². The minimum Gasteiger partial charge on any atom is -0.341 e. The van der Waals surface area contributed by atoms with Gasteiger partial charge in [-0.15, -0.1) is 0 Å². The van der Waals surface area contributed by atoms with Crippen LogP contribution >= 0.6 is 0 Å². The smallest absolute Gasteiger partial charge is 0.236 e. The summed E-state index contributed by atoms with van der Waals surface area (Å²) < 4.78 is 0. The molecule has 0 radical (unpaired) electrons. The third-order valence-electron chi connectivity index (χ3n) is 5.10. The Bertz CT molecular complexity index is 287. The van der Waals surface area contributed by atoms with Crippen LogP contribution in [0.1, 0.15) is 51.4 Å². The number of rotatable bonds is 3. The third-order valence-corrected chi connectivity index (χ3v) is 5.10. The molecule has 3 nitrogen and oxygen atoms in total. The Kier molecular flexibility index (Phi) is 3.88. The molecule has 3 aliphatic rings. The summed E-state index contributed by atoms with van der Waals surface area (Å²) >= 11 is 0. The van der Waals surface area contributed by atoms with Gasteiger partial charge in [0.15, 0.2) is 0 Å². The maximum atomic E-state index is 12.2. The summed E-state index contributed by atoms with van der Waals surface area (Å²) in [7, 11) is 0. The number of piperidine rings is 1. The molecule has 2 saturated carbocycles. The number of carbonyl (C=O) groups is 1. The van der Waals surface area contributed by atoms with Crippen molar-refractivity contribution in [1.82, 2.24) is 10.2 Å². The molecule has 1 heterocycles. The fraction of sp³-hybridized carbons (Fsp3) is 0.933. The van der Waals surface area contributed by atoms with E-state index in [1.54, 1.807) is 0 Å². The lowest BCUT2D eigenvalue weighted by molar-refractivity contribution is -0.134. The number of hydrogen-bond donors (Lipinski definition) is 1. The summed E-state index contributed by atoms with van der Waals surface area (Å²) in [4.78, 5) is 14.4. The average Bonchev–Trinajstić information content (AvgIpc) is 2.88. The van der Waals surface area contributed by atoms with Crippen LogP contribution in [0.25, 0.3) is 0 Å². The normalized spacial score (nSPS) is 32.8. The second-order valence-corrected chi connectivity index (χ2v) is 6.56. The van der Waals surface area contributed by atoms with E-state index >= 15 is 0 Å². The summed E-state index contributed by atoms with van der Waals surface area (Å²) in [6, 6.07) is 0.609. The second-order valence-electron chi connectivity index (χ2n) is 6.56.